The van der Waals surface area contributed by atoms with E-state index in [1.807, 2.05) is 6.92 Å². The summed E-state index contributed by atoms with van der Waals surface area (Å²) in [6, 6.07) is 6.28. The van der Waals surface area contributed by atoms with Crippen LogP contribution in [0.4, 0.5) is 5.13 Å². The predicted octanol–water partition coefficient (Wildman–Crippen LogP) is 2.05. The first kappa shape index (κ1) is 27.9. The van der Waals surface area contributed by atoms with Gasteiger partial charge < -0.3 is 30.1 Å². The standard InChI is InChI=1S/C26H29N5O7S2/c1-13-4-9-18(38-13)16-11-39-24-20(29-22(32)19(30-36-3)17-12-40-26(27)28-17)23(33)31(24)21(16)25(34)37-10-14-5-7-15(35-2)8-6-14/h5-8,12-13,18,20,24H,4,9-11H2,1-3H3,(H2,27,28)(H,29,32)/t13-,18-,20-,24-/m1/s1. The summed E-state index contributed by atoms with van der Waals surface area (Å²) in [5, 5.41) is 7.83. The van der Waals surface area contributed by atoms with E-state index in [0.29, 0.717) is 11.5 Å². The molecule has 12 nitrogen and oxygen atoms in total. The molecular formula is C26H29N5O7S2. The average molecular weight is 588 g/mol. The molecule has 3 N–H and O–H groups in total. The van der Waals surface area contributed by atoms with Crippen molar-refractivity contribution in [3.05, 3.63) is 52.2 Å². The number of rotatable bonds is 9. The van der Waals surface area contributed by atoms with Crippen LogP contribution in [-0.2, 0) is 35.3 Å². The van der Waals surface area contributed by atoms with E-state index in [4.69, 9.17) is 24.8 Å². The molecule has 3 aliphatic rings. The highest BCUT2D eigenvalue weighted by Gasteiger charge is 2.55. The number of benzene rings is 1. The van der Waals surface area contributed by atoms with Crippen LogP contribution in [0.15, 0.2) is 46.1 Å². The zero-order valence-electron chi connectivity index (χ0n) is 22.1. The third-order valence-corrected chi connectivity index (χ3v) is 8.77. The highest BCUT2D eigenvalue weighted by Crippen LogP contribution is 2.43. The number of nitrogen functional groups attached to an aromatic ring is 1. The second-order valence-electron chi connectivity index (χ2n) is 9.37. The van der Waals surface area contributed by atoms with Crippen LogP contribution in [0.2, 0.25) is 0 Å². The molecule has 2 amide bonds. The van der Waals surface area contributed by atoms with Gasteiger partial charge in [0.15, 0.2) is 10.8 Å². The first-order valence-corrected chi connectivity index (χ1v) is 14.5. The molecule has 212 valence electrons. The van der Waals surface area contributed by atoms with Gasteiger partial charge in [0.25, 0.3) is 11.8 Å². The molecule has 14 heteroatoms. The minimum atomic E-state index is -0.884. The molecule has 0 radical (unpaired) electrons. The lowest BCUT2D eigenvalue weighted by atomic mass is 9.99. The molecule has 0 spiro atoms. The zero-order valence-corrected chi connectivity index (χ0v) is 23.8. The van der Waals surface area contributed by atoms with Gasteiger partial charge in [-0.25, -0.2) is 9.78 Å². The number of nitrogens with two attached hydrogens (primary N) is 1. The minimum Gasteiger partial charge on any atom is -0.497 e. The van der Waals surface area contributed by atoms with Gasteiger partial charge in [-0.15, -0.1) is 23.1 Å². The number of anilines is 1. The Morgan fingerprint density at radius 1 is 1.25 bits per heavy atom. The molecule has 1 aromatic carbocycles. The van der Waals surface area contributed by atoms with E-state index in [1.165, 1.54) is 23.8 Å². The van der Waals surface area contributed by atoms with Gasteiger partial charge in [-0.1, -0.05) is 17.3 Å². The molecule has 2 aromatic rings. The van der Waals surface area contributed by atoms with Gasteiger partial charge >= 0.3 is 5.97 Å². The predicted molar refractivity (Wildman–Crippen MR) is 148 cm³/mol. The van der Waals surface area contributed by atoms with E-state index in [1.54, 1.807) is 36.8 Å². The third kappa shape index (κ3) is 5.51. The minimum absolute atomic E-state index is 0.0230. The molecule has 4 atom stereocenters. The molecule has 0 saturated carbocycles. The van der Waals surface area contributed by atoms with Crippen LogP contribution in [0.1, 0.15) is 31.0 Å². The summed E-state index contributed by atoms with van der Waals surface area (Å²) in [6.07, 6.45) is 1.36. The number of methoxy groups -OCH3 is 1. The Morgan fingerprint density at radius 2 is 2.02 bits per heavy atom. The van der Waals surface area contributed by atoms with Gasteiger partial charge in [0.05, 0.1) is 19.3 Å². The molecule has 40 heavy (non-hydrogen) atoms. The maximum atomic E-state index is 13.5. The Kier molecular flexibility index (Phi) is 8.28. The maximum absolute atomic E-state index is 13.5. The Bertz CT molecular complexity index is 1360. The quantitative estimate of drug-likeness (QED) is 0.193. The summed E-state index contributed by atoms with van der Waals surface area (Å²) in [5.74, 6) is -0.544. The van der Waals surface area contributed by atoms with Crippen molar-refractivity contribution in [3.8, 4) is 5.75 Å². The number of carbonyl (C=O) groups is 3. The molecule has 0 aliphatic carbocycles. The van der Waals surface area contributed by atoms with E-state index < -0.39 is 29.2 Å². The average Bonchev–Trinajstić information content (AvgIpc) is 3.60. The van der Waals surface area contributed by atoms with Gasteiger partial charge in [0.2, 0.25) is 0 Å². The number of amides is 2. The summed E-state index contributed by atoms with van der Waals surface area (Å²) >= 11 is 2.60. The maximum Gasteiger partial charge on any atom is 0.355 e. The van der Waals surface area contributed by atoms with Gasteiger partial charge in [-0.2, -0.15) is 0 Å². The lowest BCUT2D eigenvalue weighted by molar-refractivity contribution is -0.153. The number of β-lactam (4-membered cyclic amide) rings is 1. The molecule has 1 aromatic heterocycles. The smallest absolute Gasteiger partial charge is 0.355 e. The number of thiazole rings is 1. The van der Waals surface area contributed by atoms with E-state index in [-0.39, 0.29) is 41.0 Å². The summed E-state index contributed by atoms with van der Waals surface area (Å²) in [4.78, 5) is 50.3. The van der Waals surface area contributed by atoms with Crippen LogP contribution in [0.25, 0.3) is 0 Å². The van der Waals surface area contributed by atoms with Crippen LogP contribution in [0, 0.1) is 0 Å². The van der Waals surface area contributed by atoms with Crippen LogP contribution in [-0.4, -0.2) is 77.0 Å². The molecule has 5 rings (SSSR count). The van der Waals surface area contributed by atoms with Crippen LogP contribution in [0.3, 0.4) is 0 Å². The van der Waals surface area contributed by atoms with Crippen molar-refractivity contribution in [3.63, 3.8) is 0 Å². The Labute approximate surface area is 238 Å². The Morgan fingerprint density at radius 3 is 2.65 bits per heavy atom. The van der Waals surface area contributed by atoms with E-state index >= 15 is 0 Å². The summed E-state index contributed by atoms with van der Waals surface area (Å²) in [6.45, 7) is 2.01. The van der Waals surface area contributed by atoms with Crippen molar-refractivity contribution in [2.24, 2.45) is 5.16 Å². The fourth-order valence-electron chi connectivity index (χ4n) is 4.78. The normalized spacial score (nSPS) is 24.3. The van der Waals surface area contributed by atoms with Crippen LogP contribution in [0.5, 0.6) is 5.75 Å². The number of oxime groups is 1. The first-order chi connectivity index (χ1) is 19.3. The van der Waals surface area contributed by atoms with E-state index in [9.17, 15) is 14.4 Å². The van der Waals surface area contributed by atoms with Crippen LogP contribution < -0.4 is 15.8 Å². The Balaban J connectivity index is 1.35. The first-order valence-electron chi connectivity index (χ1n) is 12.6. The molecule has 2 saturated heterocycles. The number of ether oxygens (including phenoxy) is 3. The van der Waals surface area contributed by atoms with E-state index in [2.05, 4.69) is 15.5 Å². The molecular weight excluding hydrogens is 558 g/mol. The molecule has 3 aliphatic heterocycles. The fourth-order valence-corrected chi connectivity index (χ4v) is 6.73. The van der Waals surface area contributed by atoms with E-state index in [0.717, 1.165) is 35.3 Å². The SMILES string of the molecule is CON=C(C(=O)N[C@@H]1C(=O)N2C(C(=O)OCc3ccc(OC)cc3)=C([C@H]3CC[C@@H](C)O3)CS[C@H]12)c1csc(N)n1. The molecule has 4 heterocycles. The second kappa shape index (κ2) is 11.9. The largest absolute Gasteiger partial charge is 0.497 e. The number of fused-ring (bicyclic) bond motifs is 1. The summed E-state index contributed by atoms with van der Waals surface area (Å²) in [5.41, 5.74) is 7.52. The zero-order chi connectivity index (χ0) is 28.4. The number of thioether (sulfide) groups is 1. The molecule has 2 fully saturated rings. The highest BCUT2D eigenvalue weighted by molar-refractivity contribution is 8.00. The van der Waals surface area contributed by atoms with Crippen molar-refractivity contribution >= 4 is 51.7 Å². The number of nitrogens with zero attached hydrogens (tertiary/aromatic N) is 3. The lowest BCUT2D eigenvalue weighted by Crippen LogP contribution is -2.71. The topological polar surface area (TPSA) is 155 Å². The van der Waals surface area contributed by atoms with Gasteiger partial charge in [0, 0.05) is 11.1 Å². The highest BCUT2D eigenvalue weighted by atomic mass is 32.2. The lowest BCUT2D eigenvalue weighted by Gasteiger charge is -2.50. The van der Waals surface area contributed by atoms with Crippen molar-refractivity contribution in [1.82, 2.24) is 15.2 Å². The number of esters is 1. The number of hydrogen-bond donors (Lipinski definition) is 2. The van der Waals surface area contributed by atoms with Crippen molar-refractivity contribution in [1.29, 1.82) is 0 Å². The van der Waals surface area contributed by atoms with Crippen molar-refractivity contribution < 1.29 is 33.4 Å². The van der Waals surface area contributed by atoms with Crippen molar-refractivity contribution in [2.45, 2.75) is 50.0 Å². The monoisotopic (exact) mass is 587 g/mol. The summed E-state index contributed by atoms with van der Waals surface area (Å²) in [7, 11) is 2.88. The van der Waals surface area contributed by atoms with Crippen molar-refractivity contribution in [2.75, 3.05) is 25.7 Å². The van der Waals surface area contributed by atoms with Gasteiger partial charge in [-0.3, -0.25) is 14.5 Å². The number of nitrogens with one attached hydrogen (secondary N) is 1. The van der Waals surface area contributed by atoms with Crippen LogP contribution >= 0.6 is 23.1 Å². The number of carbonyl (C=O) groups excluding carboxylic acids is 3. The number of hydrogen-bond acceptors (Lipinski definition) is 12. The van der Waals surface area contributed by atoms with Gasteiger partial charge in [0.1, 0.15) is 42.3 Å². The number of aromatic nitrogens is 1. The summed E-state index contributed by atoms with van der Waals surface area (Å²) < 4.78 is 16.9. The molecule has 0 bridgehead atoms. The third-order valence-electron chi connectivity index (χ3n) is 6.79. The Hall–Kier alpha value is -3.62. The second-order valence-corrected chi connectivity index (χ2v) is 11.4. The fraction of sp³-hybridized carbons (Fsp3) is 0.423. The molecule has 0 unspecified atom stereocenters. The van der Waals surface area contributed by atoms with Gasteiger partial charge in [-0.05, 0) is 43.0 Å².